The molecule has 0 spiro atoms. The van der Waals surface area contributed by atoms with E-state index in [4.69, 9.17) is 4.74 Å². The second-order valence-electron chi connectivity index (χ2n) is 3.98. The molecule has 1 aromatic carbocycles. The number of carbonyl (C=O) groups excluding carboxylic acids is 1. The number of para-hydroxylation sites is 2. The van der Waals surface area contributed by atoms with E-state index in [-0.39, 0.29) is 12.5 Å². The van der Waals surface area contributed by atoms with E-state index in [0.717, 1.165) is 6.26 Å². The van der Waals surface area contributed by atoms with Crippen molar-refractivity contribution in [3.05, 3.63) is 24.3 Å². The Labute approximate surface area is 106 Å². The number of fused-ring (bicyclic) bond motifs is 1. The topological polar surface area (TPSA) is 75.7 Å². The molecule has 0 fully saturated rings. The molecule has 0 aromatic heterocycles. The van der Waals surface area contributed by atoms with Gasteiger partial charge in [-0.2, -0.15) is 0 Å². The first-order chi connectivity index (χ1) is 8.43. The summed E-state index contributed by atoms with van der Waals surface area (Å²) < 4.78 is 30.2. The third kappa shape index (κ3) is 2.26. The Hall–Kier alpha value is -1.76. The van der Waals surface area contributed by atoms with Crippen molar-refractivity contribution in [2.24, 2.45) is 0 Å². The van der Waals surface area contributed by atoms with Crippen LogP contribution >= 0.6 is 0 Å². The van der Waals surface area contributed by atoms with Gasteiger partial charge in [0, 0.05) is 7.05 Å². The zero-order chi connectivity index (χ0) is 13.3. The van der Waals surface area contributed by atoms with E-state index >= 15 is 0 Å². The molecule has 1 atom stereocenters. The predicted octanol–water partition coefficient (Wildman–Crippen LogP) is -0.0404. The highest BCUT2D eigenvalue weighted by molar-refractivity contribution is 7.92. The first-order valence-corrected chi connectivity index (χ1v) is 7.23. The summed E-state index contributed by atoms with van der Waals surface area (Å²) in [6, 6.07) is 6.74. The predicted molar refractivity (Wildman–Crippen MR) is 67.1 cm³/mol. The van der Waals surface area contributed by atoms with Crippen molar-refractivity contribution in [2.45, 2.75) is 6.10 Å². The molecule has 2 rings (SSSR count). The average molecular weight is 270 g/mol. The van der Waals surface area contributed by atoms with E-state index in [1.54, 1.807) is 24.3 Å². The van der Waals surface area contributed by atoms with Crippen molar-refractivity contribution in [1.29, 1.82) is 0 Å². The van der Waals surface area contributed by atoms with Crippen LogP contribution in [0.4, 0.5) is 5.69 Å². The highest BCUT2D eigenvalue weighted by Crippen LogP contribution is 2.34. The average Bonchev–Trinajstić information content (AvgIpc) is 2.35. The number of hydrogen-bond acceptors (Lipinski definition) is 4. The van der Waals surface area contributed by atoms with Crippen molar-refractivity contribution < 1.29 is 17.9 Å². The number of nitrogens with one attached hydrogen (secondary N) is 1. The summed E-state index contributed by atoms with van der Waals surface area (Å²) in [6.07, 6.45) is 0.273. The Balaban J connectivity index is 2.45. The fourth-order valence-electron chi connectivity index (χ4n) is 1.81. The van der Waals surface area contributed by atoms with Crippen molar-refractivity contribution in [3.63, 3.8) is 0 Å². The fraction of sp³-hybridized carbons (Fsp3) is 0.364. The van der Waals surface area contributed by atoms with Crippen LogP contribution in [0.5, 0.6) is 5.75 Å². The van der Waals surface area contributed by atoms with Crippen LogP contribution in [-0.2, 0) is 14.8 Å². The number of amides is 1. The van der Waals surface area contributed by atoms with Crippen molar-refractivity contribution in [3.8, 4) is 5.75 Å². The summed E-state index contributed by atoms with van der Waals surface area (Å²) in [4.78, 5) is 11.6. The molecule has 6 nitrogen and oxygen atoms in total. The van der Waals surface area contributed by atoms with E-state index < -0.39 is 16.1 Å². The van der Waals surface area contributed by atoms with Gasteiger partial charge < -0.3 is 10.1 Å². The van der Waals surface area contributed by atoms with Crippen LogP contribution in [0, 0.1) is 0 Å². The quantitative estimate of drug-likeness (QED) is 0.818. The summed E-state index contributed by atoms with van der Waals surface area (Å²) in [5.74, 6) is 0.0425. The Morgan fingerprint density at radius 1 is 1.44 bits per heavy atom. The van der Waals surface area contributed by atoms with Gasteiger partial charge in [-0.25, -0.2) is 8.42 Å². The van der Waals surface area contributed by atoms with Gasteiger partial charge in [-0.3, -0.25) is 9.10 Å². The number of anilines is 1. The number of ether oxygens (including phenoxy) is 1. The van der Waals surface area contributed by atoms with Crippen molar-refractivity contribution in [2.75, 3.05) is 24.2 Å². The number of rotatable bonds is 2. The molecule has 0 radical (unpaired) electrons. The molecule has 1 aliphatic rings. The third-order valence-corrected chi connectivity index (χ3v) is 3.82. The first-order valence-electron chi connectivity index (χ1n) is 5.38. The largest absolute Gasteiger partial charge is 0.476 e. The molecule has 1 unspecified atom stereocenters. The number of sulfonamides is 1. The Bertz CT molecular complexity index is 570. The van der Waals surface area contributed by atoms with Crippen LogP contribution in [0.15, 0.2) is 24.3 Å². The summed E-state index contributed by atoms with van der Waals surface area (Å²) >= 11 is 0. The maximum Gasteiger partial charge on any atom is 0.262 e. The Kier molecular flexibility index (Phi) is 3.16. The van der Waals surface area contributed by atoms with Gasteiger partial charge >= 0.3 is 0 Å². The van der Waals surface area contributed by atoms with E-state index in [9.17, 15) is 13.2 Å². The van der Waals surface area contributed by atoms with Crippen LogP contribution in [-0.4, -0.2) is 40.3 Å². The van der Waals surface area contributed by atoms with E-state index in [1.807, 2.05) is 0 Å². The maximum atomic E-state index is 11.7. The van der Waals surface area contributed by atoms with Crippen LogP contribution in [0.2, 0.25) is 0 Å². The molecular formula is C11H14N2O4S. The van der Waals surface area contributed by atoms with E-state index in [0.29, 0.717) is 11.4 Å². The van der Waals surface area contributed by atoms with Crippen molar-refractivity contribution in [1.82, 2.24) is 5.32 Å². The molecule has 1 amide bonds. The van der Waals surface area contributed by atoms with Gasteiger partial charge in [-0.15, -0.1) is 0 Å². The highest BCUT2D eigenvalue weighted by Gasteiger charge is 2.34. The third-order valence-electron chi connectivity index (χ3n) is 2.67. The van der Waals surface area contributed by atoms with Crippen molar-refractivity contribution >= 4 is 21.6 Å². The molecular weight excluding hydrogens is 256 g/mol. The second-order valence-corrected chi connectivity index (χ2v) is 5.89. The molecule has 0 saturated heterocycles. The summed E-state index contributed by atoms with van der Waals surface area (Å²) in [6.45, 7) is -0.0183. The standard InChI is InChI=1S/C11H14N2O4S/c1-12-11(14)10-7-13(18(2,15)16)8-5-3-4-6-9(8)17-10/h3-6,10H,7H2,1-2H3,(H,12,14). The Morgan fingerprint density at radius 3 is 2.72 bits per heavy atom. The molecule has 1 heterocycles. The number of carbonyl (C=O) groups is 1. The Morgan fingerprint density at radius 2 is 2.11 bits per heavy atom. The fourth-order valence-corrected chi connectivity index (χ4v) is 2.73. The van der Waals surface area contributed by atoms with Gasteiger partial charge in [0.05, 0.1) is 18.5 Å². The zero-order valence-electron chi connectivity index (χ0n) is 10.1. The number of benzene rings is 1. The molecule has 18 heavy (non-hydrogen) atoms. The van der Waals surface area contributed by atoms with Crippen LogP contribution in [0.25, 0.3) is 0 Å². The minimum Gasteiger partial charge on any atom is -0.476 e. The molecule has 0 bridgehead atoms. The summed E-state index contributed by atoms with van der Waals surface area (Å²) in [7, 11) is -1.96. The van der Waals surface area contributed by atoms with Gasteiger partial charge in [0.2, 0.25) is 10.0 Å². The first kappa shape index (κ1) is 12.7. The van der Waals surface area contributed by atoms with Crippen LogP contribution < -0.4 is 14.4 Å². The monoisotopic (exact) mass is 270 g/mol. The van der Waals surface area contributed by atoms with E-state index in [2.05, 4.69) is 5.32 Å². The lowest BCUT2D eigenvalue weighted by Gasteiger charge is -2.33. The summed E-state index contributed by atoms with van der Waals surface area (Å²) in [5.41, 5.74) is 0.458. The minimum absolute atomic E-state index is 0.0183. The van der Waals surface area contributed by atoms with Gasteiger partial charge in [0.1, 0.15) is 5.75 Å². The molecule has 1 N–H and O–H groups in total. The smallest absolute Gasteiger partial charge is 0.262 e. The number of likely N-dealkylation sites (N-methyl/N-ethyl adjacent to an activating group) is 1. The highest BCUT2D eigenvalue weighted by atomic mass is 32.2. The summed E-state index contributed by atoms with van der Waals surface area (Å²) in [5, 5.41) is 2.45. The molecule has 1 aliphatic heterocycles. The molecule has 7 heteroatoms. The minimum atomic E-state index is -3.44. The second kappa shape index (κ2) is 4.49. The normalized spacial score (nSPS) is 18.8. The van der Waals surface area contributed by atoms with Crippen LogP contribution in [0.1, 0.15) is 0 Å². The van der Waals surface area contributed by atoms with E-state index in [1.165, 1.54) is 11.4 Å². The lowest BCUT2D eigenvalue weighted by atomic mass is 10.2. The van der Waals surface area contributed by atoms with Gasteiger partial charge in [-0.1, -0.05) is 12.1 Å². The lowest BCUT2D eigenvalue weighted by molar-refractivity contribution is -0.127. The lowest BCUT2D eigenvalue weighted by Crippen LogP contribution is -2.49. The molecule has 98 valence electrons. The SMILES string of the molecule is CNC(=O)C1CN(S(C)(=O)=O)c2ccccc2O1. The molecule has 1 aromatic rings. The number of nitrogens with zero attached hydrogens (tertiary/aromatic N) is 1. The maximum absolute atomic E-state index is 11.7. The van der Waals surface area contributed by atoms with Crippen LogP contribution in [0.3, 0.4) is 0 Å². The van der Waals surface area contributed by atoms with Gasteiger partial charge in [0.25, 0.3) is 5.91 Å². The molecule has 0 aliphatic carbocycles. The van der Waals surface area contributed by atoms with Gasteiger partial charge in [0.15, 0.2) is 6.10 Å². The molecule has 0 saturated carbocycles. The van der Waals surface area contributed by atoms with Gasteiger partial charge in [-0.05, 0) is 12.1 Å². The zero-order valence-corrected chi connectivity index (χ0v) is 10.9. The number of hydrogen-bond donors (Lipinski definition) is 1.